The van der Waals surface area contributed by atoms with Crippen LogP contribution in [0.4, 0.5) is 14.9 Å². The van der Waals surface area contributed by atoms with Crippen LogP contribution in [-0.2, 0) is 21.5 Å². The van der Waals surface area contributed by atoms with E-state index in [-0.39, 0.29) is 40.6 Å². The first-order chi connectivity index (χ1) is 20.7. The van der Waals surface area contributed by atoms with Crippen LogP contribution in [0.3, 0.4) is 0 Å². The number of ether oxygens (including phenoxy) is 2. The summed E-state index contributed by atoms with van der Waals surface area (Å²) >= 11 is 0. The maximum atomic E-state index is 14.9. The molecule has 4 rings (SSSR count). The second-order valence-electron chi connectivity index (χ2n) is 11.7. The first kappa shape index (κ1) is 32.7. The third-order valence-corrected chi connectivity index (χ3v) is 8.93. The van der Waals surface area contributed by atoms with Crippen molar-refractivity contribution in [1.82, 2.24) is 18.8 Å². The zero-order chi connectivity index (χ0) is 32.2. The maximum Gasteiger partial charge on any atom is 0.410 e. The highest BCUT2D eigenvalue weighted by molar-refractivity contribution is 7.90. The van der Waals surface area contributed by atoms with E-state index in [9.17, 15) is 27.7 Å². The van der Waals surface area contributed by atoms with Gasteiger partial charge in [-0.25, -0.2) is 14.2 Å². The number of likely N-dealkylation sites (tertiary alicyclic amines) is 1. The summed E-state index contributed by atoms with van der Waals surface area (Å²) in [7, 11) is -2.62. The van der Waals surface area contributed by atoms with Crippen LogP contribution in [0.5, 0.6) is 11.5 Å². The lowest BCUT2D eigenvalue weighted by molar-refractivity contribution is 0.0179. The fourth-order valence-electron chi connectivity index (χ4n) is 4.77. The van der Waals surface area contributed by atoms with E-state index in [1.165, 1.54) is 30.1 Å². The van der Waals surface area contributed by atoms with Gasteiger partial charge in [0.2, 0.25) is 0 Å². The quantitative estimate of drug-likeness (QED) is 0.354. The van der Waals surface area contributed by atoms with Crippen molar-refractivity contribution in [3.05, 3.63) is 58.4 Å². The Kier molecular flexibility index (Phi) is 9.80. The van der Waals surface area contributed by atoms with Crippen LogP contribution in [0.15, 0.2) is 41.5 Å². The van der Waals surface area contributed by atoms with Gasteiger partial charge in [-0.15, -0.1) is 0 Å². The molecule has 1 N–H and O–H groups in total. The van der Waals surface area contributed by atoms with E-state index in [1.54, 1.807) is 17.9 Å². The van der Waals surface area contributed by atoms with Crippen LogP contribution in [0.25, 0.3) is 10.9 Å². The van der Waals surface area contributed by atoms with Crippen LogP contribution in [0, 0.1) is 23.1 Å². The van der Waals surface area contributed by atoms with Gasteiger partial charge >= 0.3 is 16.3 Å². The average Bonchev–Trinajstić information content (AvgIpc) is 2.97. The fraction of sp³-hybridized carbons (Fsp3) is 0.467. The molecular weight excluding hydrogens is 591 g/mol. The van der Waals surface area contributed by atoms with Gasteiger partial charge in [-0.05, 0) is 76.3 Å². The Balaban J connectivity index is 1.49. The van der Waals surface area contributed by atoms with Gasteiger partial charge in [-0.2, -0.15) is 18.0 Å². The monoisotopic (exact) mass is 628 g/mol. The van der Waals surface area contributed by atoms with Crippen molar-refractivity contribution in [2.75, 3.05) is 31.4 Å². The molecule has 0 radical (unpaired) electrons. The Morgan fingerprint density at radius 1 is 1.23 bits per heavy atom. The molecule has 3 aromatic rings. The molecule has 1 aromatic heterocycles. The minimum Gasteiger partial charge on any atom is -0.453 e. The third kappa shape index (κ3) is 7.64. The molecule has 2 heterocycles. The second-order valence-corrected chi connectivity index (χ2v) is 13.4. The molecule has 12 nitrogen and oxygen atoms in total. The molecule has 1 fully saturated rings. The van der Waals surface area contributed by atoms with E-state index in [0.29, 0.717) is 31.1 Å². The standard InChI is InChI=1S/C30H37FN6O6S/c1-6-35(5)44(40,41)34-26-10-8-24(31)27(23(26)18-32)42-21-7-9-25-22(17-21)28(38)37(19-33-25)16-13-20-11-14-36(15-12-20)29(39)43-30(2,3)4/h7-10,17,19-20,34H,6,11-16H2,1-5H3. The molecule has 0 unspecified atom stereocenters. The van der Waals surface area contributed by atoms with Crippen LogP contribution < -0.4 is 15.0 Å². The predicted molar refractivity (Wildman–Crippen MR) is 163 cm³/mol. The summed E-state index contributed by atoms with van der Waals surface area (Å²) in [5.41, 5.74) is -0.942. The Morgan fingerprint density at radius 3 is 2.57 bits per heavy atom. The number of nitrogens with one attached hydrogen (secondary N) is 1. The predicted octanol–water partition coefficient (Wildman–Crippen LogP) is 4.85. The number of halogens is 1. The van der Waals surface area contributed by atoms with E-state index >= 15 is 0 Å². The number of hydrogen-bond acceptors (Lipinski definition) is 8. The summed E-state index contributed by atoms with van der Waals surface area (Å²) in [5.74, 6) is -0.965. The van der Waals surface area contributed by atoms with E-state index < -0.39 is 27.4 Å². The Morgan fingerprint density at radius 2 is 1.93 bits per heavy atom. The topological polar surface area (TPSA) is 147 Å². The van der Waals surface area contributed by atoms with Crippen molar-refractivity contribution in [3.8, 4) is 17.6 Å². The number of hydrogen-bond donors (Lipinski definition) is 1. The van der Waals surface area contributed by atoms with Crippen LogP contribution in [0.2, 0.25) is 0 Å². The van der Waals surface area contributed by atoms with Crippen molar-refractivity contribution >= 4 is 32.9 Å². The zero-order valence-corrected chi connectivity index (χ0v) is 26.3. The van der Waals surface area contributed by atoms with Gasteiger partial charge in [-0.3, -0.25) is 14.1 Å². The van der Waals surface area contributed by atoms with E-state index in [2.05, 4.69) is 9.71 Å². The molecular formula is C30H37FN6O6S. The second kappa shape index (κ2) is 13.2. The number of aromatic nitrogens is 2. The normalized spacial score (nSPS) is 14.5. The molecule has 236 valence electrons. The molecule has 1 amide bonds. The van der Waals surface area contributed by atoms with Gasteiger partial charge in [-0.1, -0.05) is 6.92 Å². The third-order valence-electron chi connectivity index (χ3n) is 7.38. The summed E-state index contributed by atoms with van der Waals surface area (Å²) in [5, 5.41) is 10.0. The van der Waals surface area contributed by atoms with Gasteiger partial charge < -0.3 is 14.4 Å². The lowest BCUT2D eigenvalue weighted by atomic mass is 9.94. The number of anilines is 1. The lowest BCUT2D eigenvalue weighted by Crippen LogP contribution is -2.41. The van der Waals surface area contributed by atoms with Gasteiger partial charge in [0, 0.05) is 33.2 Å². The highest BCUT2D eigenvalue weighted by atomic mass is 32.2. The molecule has 0 aliphatic carbocycles. The molecule has 0 spiro atoms. The number of rotatable bonds is 9. The summed E-state index contributed by atoms with van der Waals surface area (Å²) in [6.07, 6.45) is 3.48. The van der Waals surface area contributed by atoms with Crippen molar-refractivity contribution < 1.29 is 27.1 Å². The Bertz CT molecular complexity index is 1740. The molecule has 44 heavy (non-hydrogen) atoms. The summed E-state index contributed by atoms with van der Waals surface area (Å²) in [4.78, 5) is 31.8. The minimum atomic E-state index is -3.99. The molecule has 14 heteroatoms. The van der Waals surface area contributed by atoms with Crippen molar-refractivity contribution in [3.63, 3.8) is 0 Å². The molecule has 0 atom stereocenters. The van der Waals surface area contributed by atoms with Crippen molar-refractivity contribution in [2.45, 2.75) is 59.1 Å². The summed E-state index contributed by atoms with van der Waals surface area (Å²) in [6, 6.07) is 8.41. The van der Waals surface area contributed by atoms with Crippen LogP contribution >= 0.6 is 0 Å². The number of carbonyl (C=O) groups excluding carboxylic acids is 1. The van der Waals surface area contributed by atoms with Gasteiger partial charge in [0.05, 0.1) is 22.9 Å². The fourth-order valence-corrected chi connectivity index (χ4v) is 5.71. The van der Waals surface area contributed by atoms with Gasteiger partial charge in [0.15, 0.2) is 11.6 Å². The summed E-state index contributed by atoms with van der Waals surface area (Å²) < 4.78 is 55.9. The summed E-state index contributed by atoms with van der Waals surface area (Å²) in [6.45, 7) is 8.92. The van der Waals surface area contributed by atoms with E-state index in [1.807, 2.05) is 26.8 Å². The first-order valence-corrected chi connectivity index (χ1v) is 15.8. The molecule has 1 aliphatic heterocycles. The van der Waals surface area contributed by atoms with Crippen LogP contribution in [0.1, 0.15) is 52.5 Å². The van der Waals surface area contributed by atoms with Crippen LogP contribution in [-0.4, -0.2) is 65.6 Å². The molecule has 0 saturated carbocycles. The average molecular weight is 629 g/mol. The molecule has 1 saturated heterocycles. The number of nitrogens with zero attached hydrogens (tertiary/aromatic N) is 5. The van der Waals surface area contributed by atoms with E-state index in [0.717, 1.165) is 35.7 Å². The SMILES string of the molecule is CCN(C)S(=O)(=O)Nc1ccc(F)c(Oc2ccc3ncn(CCC4CCN(C(=O)OC(C)(C)C)CC4)c(=O)c3c2)c1C#N. The number of amides is 1. The number of carbonyl (C=O) groups is 1. The van der Waals surface area contributed by atoms with E-state index in [4.69, 9.17) is 9.47 Å². The highest BCUT2D eigenvalue weighted by Crippen LogP contribution is 2.34. The number of fused-ring (bicyclic) bond motifs is 1. The van der Waals surface area contributed by atoms with Gasteiger partial charge in [0.1, 0.15) is 23.0 Å². The van der Waals surface area contributed by atoms with Crippen molar-refractivity contribution in [2.24, 2.45) is 5.92 Å². The largest absolute Gasteiger partial charge is 0.453 e. The number of nitriles is 1. The Hall–Kier alpha value is -4.22. The minimum absolute atomic E-state index is 0.0738. The Labute approximate surface area is 256 Å². The lowest BCUT2D eigenvalue weighted by Gasteiger charge is -2.33. The molecule has 1 aliphatic rings. The van der Waals surface area contributed by atoms with Crippen molar-refractivity contribution in [1.29, 1.82) is 5.26 Å². The zero-order valence-electron chi connectivity index (χ0n) is 25.5. The van der Waals surface area contributed by atoms with Gasteiger partial charge in [0.25, 0.3) is 5.56 Å². The molecule has 0 bridgehead atoms. The number of piperidine rings is 1. The maximum absolute atomic E-state index is 14.9. The smallest absolute Gasteiger partial charge is 0.410 e. The number of aryl methyl sites for hydroxylation is 1. The molecule has 2 aromatic carbocycles. The number of benzene rings is 2. The highest BCUT2D eigenvalue weighted by Gasteiger charge is 2.27. The first-order valence-electron chi connectivity index (χ1n) is 14.3.